The summed E-state index contributed by atoms with van der Waals surface area (Å²) in [6, 6.07) is 4.92. The molecule has 1 fully saturated rings. The normalized spacial score (nSPS) is 17.6. The van der Waals surface area contributed by atoms with Crippen LogP contribution in [0.4, 0.5) is 4.39 Å². The quantitative estimate of drug-likeness (QED) is 0.832. The van der Waals surface area contributed by atoms with Gasteiger partial charge in [-0.05, 0) is 36.5 Å². The molecule has 19 heavy (non-hydrogen) atoms. The molecule has 1 unspecified atom stereocenters. The van der Waals surface area contributed by atoms with E-state index in [0.717, 1.165) is 18.4 Å². The Morgan fingerprint density at radius 2 is 2.16 bits per heavy atom. The lowest BCUT2D eigenvalue weighted by Crippen LogP contribution is -2.31. The van der Waals surface area contributed by atoms with Gasteiger partial charge in [0.05, 0.1) is 13.2 Å². The van der Waals surface area contributed by atoms with Crippen molar-refractivity contribution in [1.29, 1.82) is 0 Å². The molecule has 3 nitrogen and oxygen atoms in total. The highest BCUT2D eigenvalue weighted by Gasteiger charge is 2.22. The summed E-state index contributed by atoms with van der Waals surface area (Å²) < 4.78 is 18.4. The third-order valence-corrected chi connectivity index (χ3v) is 3.84. The van der Waals surface area contributed by atoms with Crippen LogP contribution < -0.4 is 10.1 Å². The number of benzene rings is 1. The summed E-state index contributed by atoms with van der Waals surface area (Å²) in [5.74, 6) is 0.341. The zero-order chi connectivity index (χ0) is 13.7. The first-order chi connectivity index (χ1) is 9.20. The van der Waals surface area contributed by atoms with Crippen LogP contribution in [0.15, 0.2) is 18.2 Å². The van der Waals surface area contributed by atoms with Gasteiger partial charge in [0.1, 0.15) is 0 Å². The van der Waals surface area contributed by atoms with Crippen molar-refractivity contribution in [2.45, 2.75) is 38.3 Å². The van der Waals surface area contributed by atoms with Crippen molar-refractivity contribution in [2.75, 3.05) is 13.7 Å². The highest BCUT2D eigenvalue weighted by atomic mass is 19.1. The molecule has 106 valence electrons. The van der Waals surface area contributed by atoms with Crippen molar-refractivity contribution in [2.24, 2.45) is 5.92 Å². The van der Waals surface area contributed by atoms with Gasteiger partial charge in [0, 0.05) is 13.1 Å². The fourth-order valence-corrected chi connectivity index (χ4v) is 2.69. The molecule has 0 saturated heterocycles. The molecule has 0 radical (unpaired) electrons. The summed E-state index contributed by atoms with van der Waals surface area (Å²) in [6.45, 7) is 1.13. The van der Waals surface area contributed by atoms with Crippen LogP contribution in [0.5, 0.6) is 5.75 Å². The number of aliphatic hydroxyl groups is 1. The lowest BCUT2D eigenvalue weighted by Gasteiger charge is -2.18. The van der Waals surface area contributed by atoms with E-state index in [1.54, 1.807) is 6.07 Å². The third kappa shape index (κ3) is 3.91. The van der Waals surface area contributed by atoms with Gasteiger partial charge in [-0.15, -0.1) is 0 Å². The number of ether oxygens (including phenoxy) is 1. The lowest BCUT2D eigenvalue weighted by molar-refractivity contribution is 0.109. The first-order valence-corrected chi connectivity index (χ1v) is 6.92. The van der Waals surface area contributed by atoms with Crippen molar-refractivity contribution in [1.82, 2.24) is 5.32 Å². The Morgan fingerprint density at radius 3 is 2.79 bits per heavy atom. The Hall–Kier alpha value is -1.13. The van der Waals surface area contributed by atoms with Crippen molar-refractivity contribution in [3.63, 3.8) is 0 Å². The van der Waals surface area contributed by atoms with Gasteiger partial charge < -0.3 is 15.2 Å². The Kier molecular flexibility index (Phi) is 5.16. The Balaban J connectivity index is 1.77. The van der Waals surface area contributed by atoms with Crippen LogP contribution >= 0.6 is 0 Å². The molecular weight excluding hydrogens is 245 g/mol. The van der Waals surface area contributed by atoms with Gasteiger partial charge in [0.2, 0.25) is 0 Å². The molecule has 0 heterocycles. The van der Waals surface area contributed by atoms with Gasteiger partial charge >= 0.3 is 0 Å². The maximum atomic E-state index is 13.5. The number of hydrogen-bond donors (Lipinski definition) is 2. The minimum absolute atomic E-state index is 0.259. The summed E-state index contributed by atoms with van der Waals surface area (Å²) in [4.78, 5) is 0. The molecule has 1 aromatic carbocycles. The molecule has 2 N–H and O–H groups in total. The third-order valence-electron chi connectivity index (χ3n) is 3.84. The highest BCUT2D eigenvalue weighted by Crippen LogP contribution is 2.27. The van der Waals surface area contributed by atoms with Gasteiger partial charge in [0.25, 0.3) is 0 Å². The number of methoxy groups -OCH3 is 1. The van der Waals surface area contributed by atoms with Crippen molar-refractivity contribution in [3.8, 4) is 5.75 Å². The largest absolute Gasteiger partial charge is 0.494 e. The van der Waals surface area contributed by atoms with Crippen LogP contribution in [0.3, 0.4) is 0 Å². The summed E-state index contributed by atoms with van der Waals surface area (Å²) in [6.07, 6.45) is 4.42. The van der Waals surface area contributed by atoms with E-state index in [-0.39, 0.29) is 17.7 Å². The van der Waals surface area contributed by atoms with Crippen LogP contribution in [0.1, 0.15) is 31.2 Å². The van der Waals surface area contributed by atoms with Crippen LogP contribution in [0, 0.1) is 11.7 Å². The molecule has 0 aliphatic heterocycles. The highest BCUT2D eigenvalue weighted by molar-refractivity contribution is 5.29. The molecule has 0 amide bonds. The van der Waals surface area contributed by atoms with E-state index < -0.39 is 0 Å². The monoisotopic (exact) mass is 267 g/mol. The summed E-state index contributed by atoms with van der Waals surface area (Å²) in [7, 11) is 1.45. The van der Waals surface area contributed by atoms with Crippen LogP contribution in [-0.4, -0.2) is 24.9 Å². The van der Waals surface area contributed by atoms with Gasteiger partial charge in [-0.1, -0.05) is 18.9 Å². The van der Waals surface area contributed by atoms with E-state index in [9.17, 15) is 9.50 Å². The van der Waals surface area contributed by atoms with Crippen molar-refractivity contribution >= 4 is 0 Å². The van der Waals surface area contributed by atoms with Crippen LogP contribution in [0.2, 0.25) is 0 Å². The molecule has 1 aliphatic rings. The Morgan fingerprint density at radius 1 is 1.42 bits per heavy atom. The van der Waals surface area contributed by atoms with Gasteiger partial charge in [0.15, 0.2) is 11.6 Å². The average Bonchev–Trinajstić information content (AvgIpc) is 2.93. The maximum absolute atomic E-state index is 13.5. The van der Waals surface area contributed by atoms with E-state index in [2.05, 4.69) is 5.32 Å². The number of rotatable bonds is 6. The fraction of sp³-hybridized carbons (Fsp3) is 0.600. The van der Waals surface area contributed by atoms with E-state index in [4.69, 9.17) is 4.74 Å². The Labute approximate surface area is 113 Å². The van der Waals surface area contributed by atoms with Gasteiger partial charge in [-0.25, -0.2) is 4.39 Å². The smallest absolute Gasteiger partial charge is 0.165 e. The van der Waals surface area contributed by atoms with E-state index in [1.807, 2.05) is 6.07 Å². The summed E-state index contributed by atoms with van der Waals surface area (Å²) >= 11 is 0. The number of halogens is 1. The first kappa shape index (κ1) is 14.3. The van der Waals surface area contributed by atoms with Crippen molar-refractivity contribution in [3.05, 3.63) is 29.6 Å². The number of aliphatic hydroxyl groups excluding tert-OH is 1. The molecule has 1 aromatic rings. The molecule has 4 heteroatoms. The van der Waals surface area contributed by atoms with E-state index in [1.165, 1.54) is 26.0 Å². The minimum atomic E-state index is -0.349. The second-order valence-corrected chi connectivity index (χ2v) is 5.21. The molecule has 1 saturated carbocycles. The molecule has 1 aliphatic carbocycles. The molecule has 0 aromatic heterocycles. The molecule has 0 spiro atoms. The molecule has 1 atom stereocenters. The number of hydrogen-bond acceptors (Lipinski definition) is 3. The predicted octanol–water partition coefficient (Wildman–Crippen LogP) is 2.48. The SMILES string of the molecule is COc1ccc(CNCC(O)C2CCCC2)cc1F. The van der Waals surface area contributed by atoms with Gasteiger partial charge in [-0.3, -0.25) is 0 Å². The summed E-state index contributed by atoms with van der Waals surface area (Å²) in [5, 5.41) is 13.2. The zero-order valence-corrected chi connectivity index (χ0v) is 11.4. The van der Waals surface area contributed by atoms with E-state index >= 15 is 0 Å². The number of nitrogens with one attached hydrogen (secondary N) is 1. The first-order valence-electron chi connectivity index (χ1n) is 6.92. The molecule has 0 bridgehead atoms. The van der Waals surface area contributed by atoms with E-state index in [0.29, 0.717) is 19.0 Å². The van der Waals surface area contributed by atoms with Gasteiger partial charge in [-0.2, -0.15) is 0 Å². The Bertz CT molecular complexity index is 405. The molecule has 2 rings (SSSR count). The van der Waals surface area contributed by atoms with Crippen LogP contribution in [-0.2, 0) is 6.54 Å². The second-order valence-electron chi connectivity index (χ2n) is 5.21. The average molecular weight is 267 g/mol. The minimum Gasteiger partial charge on any atom is -0.494 e. The molecular formula is C15H22FNO2. The van der Waals surface area contributed by atoms with Crippen LogP contribution in [0.25, 0.3) is 0 Å². The predicted molar refractivity (Wildman–Crippen MR) is 72.6 cm³/mol. The second kappa shape index (κ2) is 6.87. The topological polar surface area (TPSA) is 41.5 Å². The maximum Gasteiger partial charge on any atom is 0.165 e. The zero-order valence-electron chi connectivity index (χ0n) is 11.4. The lowest BCUT2D eigenvalue weighted by atomic mass is 10.0. The summed E-state index contributed by atoms with van der Waals surface area (Å²) in [5.41, 5.74) is 0.858. The van der Waals surface area contributed by atoms with Crippen molar-refractivity contribution < 1.29 is 14.2 Å². The standard InChI is InChI=1S/C15H22FNO2/c1-19-15-7-6-11(8-13(15)16)9-17-10-14(18)12-4-2-3-5-12/h6-8,12,14,17-18H,2-5,9-10H2,1H3. The fourth-order valence-electron chi connectivity index (χ4n) is 2.69.